The molecule has 3 nitrogen and oxygen atoms in total. The molecule has 0 fully saturated rings. The molecule has 1 N–H and O–H groups in total. The third kappa shape index (κ3) is 4.24. The first-order chi connectivity index (χ1) is 6.20. The molecule has 4 heteroatoms. The smallest absolute Gasteiger partial charge is 0.192 e. The number of hydrogen-bond acceptors (Lipinski definition) is 3. The zero-order valence-corrected chi connectivity index (χ0v) is 11.2. The van der Waals surface area contributed by atoms with Gasteiger partial charge in [-0.3, -0.25) is 0 Å². The summed E-state index contributed by atoms with van der Waals surface area (Å²) in [4.78, 5) is 0. The summed E-state index contributed by atoms with van der Waals surface area (Å²) < 4.78 is 5.94. The van der Waals surface area contributed by atoms with Crippen molar-refractivity contribution in [2.24, 2.45) is 11.1 Å². The lowest BCUT2D eigenvalue weighted by atomic mass is 10.2. The molecular formula is C10H23NO2Si. The molecule has 0 aliphatic rings. The van der Waals surface area contributed by atoms with Crippen molar-refractivity contribution in [3.63, 3.8) is 0 Å². The van der Waals surface area contributed by atoms with Gasteiger partial charge < -0.3 is 9.63 Å². The average Bonchev–Trinajstić information content (AvgIpc) is 1.99. The second kappa shape index (κ2) is 4.93. The van der Waals surface area contributed by atoms with E-state index < -0.39 is 8.32 Å². The fraction of sp³-hybridized carbons (Fsp3) is 0.900. The Bertz CT molecular complexity index is 197. The second-order valence-electron chi connectivity index (χ2n) is 5.31. The summed E-state index contributed by atoms with van der Waals surface area (Å²) in [5.41, 5.74) is 0. The molecule has 0 aromatic carbocycles. The van der Waals surface area contributed by atoms with Crippen LogP contribution in [0.1, 0.15) is 27.7 Å². The van der Waals surface area contributed by atoms with E-state index in [4.69, 9.17) is 9.63 Å². The molecule has 0 radical (unpaired) electrons. The Kier molecular flexibility index (Phi) is 4.81. The fourth-order valence-electron chi connectivity index (χ4n) is 0.713. The van der Waals surface area contributed by atoms with Crippen LogP contribution in [0, 0.1) is 5.92 Å². The van der Waals surface area contributed by atoms with Crippen LogP contribution in [0.2, 0.25) is 18.1 Å². The Labute approximate surface area is 88.3 Å². The lowest BCUT2D eigenvalue weighted by molar-refractivity contribution is 0.262. The van der Waals surface area contributed by atoms with E-state index in [2.05, 4.69) is 39.0 Å². The molecular weight excluding hydrogens is 194 g/mol. The Morgan fingerprint density at radius 1 is 1.43 bits per heavy atom. The first-order valence-corrected chi connectivity index (χ1v) is 7.93. The first-order valence-electron chi connectivity index (χ1n) is 5.02. The van der Waals surface area contributed by atoms with Crippen LogP contribution in [0.25, 0.3) is 0 Å². The van der Waals surface area contributed by atoms with Gasteiger partial charge >= 0.3 is 0 Å². The molecule has 0 unspecified atom stereocenters. The molecule has 0 saturated heterocycles. The number of nitrogens with zero attached hydrogens (tertiary/aromatic N) is 1. The van der Waals surface area contributed by atoms with E-state index in [-0.39, 0.29) is 11.0 Å². The molecule has 0 spiro atoms. The Morgan fingerprint density at radius 2 is 1.93 bits per heavy atom. The molecule has 14 heavy (non-hydrogen) atoms. The van der Waals surface area contributed by atoms with Crippen molar-refractivity contribution in [2.75, 3.05) is 6.61 Å². The van der Waals surface area contributed by atoms with Crippen molar-refractivity contribution in [1.29, 1.82) is 0 Å². The molecule has 0 aliphatic carbocycles. The van der Waals surface area contributed by atoms with Crippen LogP contribution < -0.4 is 0 Å². The van der Waals surface area contributed by atoms with Crippen LogP contribution >= 0.6 is 0 Å². The highest BCUT2D eigenvalue weighted by Gasteiger charge is 2.37. The molecule has 0 aromatic rings. The summed E-state index contributed by atoms with van der Waals surface area (Å²) >= 11 is 0. The Morgan fingerprint density at radius 3 is 2.29 bits per heavy atom. The monoisotopic (exact) mass is 217 g/mol. The Hall–Kier alpha value is -0.353. The quantitative estimate of drug-likeness (QED) is 0.340. The van der Waals surface area contributed by atoms with Gasteiger partial charge in [0.2, 0.25) is 0 Å². The molecule has 1 atom stereocenters. The van der Waals surface area contributed by atoms with Gasteiger partial charge in [0.25, 0.3) is 0 Å². The van der Waals surface area contributed by atoms with Gasteiger partial charge in [-0.1, -0.05) is 27.7 Å². The summed E-state index contributed by atoms with van der Waals surface area (Å²) in [5, 5.41) is 11.6. The molecule has 0 saturated carbocycles. The summed E-state index contributed by atoms with van der Waals surface area (Å²) in [6.45, 7) is 13.7. The fourth-order valence-corrected chi connectivity index (χ4v) is 1.83. The molecule has 0 rings (SSSR count). The van der Waals surface area contributed by atoms with E-state index in [9.17, 15) is 0 Å². The first kappa shape index (κ1) is 13.6. The maximum absolute atomic E-state index is 8.35. The summed E-state index contributed by atoms with van der Waals surface area (Å²) in [5.74, 6) is 0.175. The van der Waals surface area contributed by atoms with Crippen molar-refractivity contribution in [1.82, 2.24) is 0 Å². The van der Waals surface area contributed by atoms with E-state index in [0.717, 1.165) is 0 Å². The topological polar surface area (TPSA) is 41.8 Å². The number of hydrogen-bond donors (Lipinski definition) is 1. The highest BCUT2D eigenvalue weighted by atomic mass is 28.4. The molecule has 0 bridgehead atoms. The van der Waals surface area contributed by atoms with Crippen LogP contribution in [0.5, 0.6) is 0 Å². The van der Waals surface area contributed by atoms with Crippen molar-refractivity contribution < 1.29 is 9.63 Å². The SMILES string of the molecule is C[C@H](/C=N/O)CO[Si](C)(C)C(C)(C)C. The molecule has 0 aromatic heterocycles. The van der Waals surface area contributed by atoms with Crippen LogP contribution in [0.4, 0.5) is 0 Å². The Balaban J connectivity index is 4.12. The largest absolute Gasteiger partial charge is 0.416 e. The van der Waals surface area contributed by atoms with Crippen molar-refractivity contribution in [3.8, 4) is 0 Å². The maximum Gasteiger partial charge on any atom is 0.192 e. The third-order valence-corrected chi connectivity index (χ3v) is 7.34. The maximum atomic E-state index is 8.35. The van der Waals surface area contributed by atoms with Gasteiger partial charge in [0, 0.05) is 18.7 Å². The highest BCUT2D eigenvalue weighted by Crippen LogP contribution is 2.36. The summed E-state index contributed by atoms with van der Waals surface area (Å²) in [7, 11) is -1.64. The van der Waals surface area contributed by atoms with Gasteiger partial charge in [0.05, 0.1) is 0 Å². The average molecular weight is 217 g/mol. The number of oxime groups is 1. The second-order valence-corrected chi connectivity index (χ2v) is 10.1. The minimum atomic E-state index is -1.64. The van der Waals surface area contributed by atoms with Gasteiger partial charge in [-0.25, -0.2) is 0 Å². The molecule has 0 aliphatic heterocycles. The van der Waals surface area contributed by atoms with Crippen LogP contribution in [0.3, 0.4) is 0 Å². The van der Waals surface area contributed by atoms with Crippen molar-refractivity contribution in [3.05, 3.63) is 0 Å². The minimum absolute atomic E-state index is 0.175. The molecule has 84 valence electrons. The van der Waals surface area contributed by atoms with E-state index in [1.807, 2.05) is 6.92 Å². The van der Waals surface area contributed by atoms with Crippen molar-refractivity contribution in [2.45, 2.75) is 45.8 Å². The van der Waals surface area contributed by atoms with Gasteiger partial charge in [-0.15, -0.1) is 5.16 Å². The van der Waals surface area contributed by atoms with Gasteiger partial charge in [0.1, 0.15) is 0 Å². The normalized spacial score (nSPS) is 16.1. The van der Waals surface area contributed by atoms with Gasteiger partial charge in [-0.05, 0) is 18.1 Å². The summed E-state index contributed by atoms with van der Waals surface area (Å²) in [6.07, 6.45) is 1.51. The van der Waals surface area contributed by atoms with Crippen LogP contribution in [-0.2, 0) is 4.43 Å². The van der Waals surface area contributed by atoms with E-state index in [1.165, 1.54) is 6.21 Å². The zero-order chi connectivity index (χ0) is 11.4. The predicted octanol–water partition coefficient (Wildman–Crippen LogP) is 3.10. The molecule has 0 heterocycles. The van der Waals surface area contributed by atoms with Crippen LogP contribution in [-0.4, -0.2) is 26.3 Å². The zero-order valence-electron chi connectivity index (χ0n) is 10.2. The lowest BCUT2D eigenvalue weighted by Gasteiger charge is -2.36. The lowest BCUT2D eigenvalue weighted by Crippen LogP contribution is -2.41. The standard InChI is InChI=1S/C10H23NO2Si/c1-9(7-11-12)8-13-14(5,6)10(2,3)4/h7,9,12H,8H2,1-6H3/b11-7+/t9-/m1/s1. The van der Waals surface area contributed by atoms with E-state index in [1.54, 1.807) is 0 Å². The van der Waals surface area contributed by atoms with Crippen LogP contribution in [0.15, 0.2) is 5.16 Å². The molecule has 0 amide bonds. The van der Waals surface area contributed by atoms with Gasteiger partial charge in [-0.2, -0.15) is 0 Å². The number of rotatable bonds is 4. The third-order valence-electron chi connectivity index (χ3n) is 2.83. The predicted molar refractivity (Wildman–Crippen MR) is 62.6 cm³/mol. The summed E-state index contributed by atoms with van der Waals surface area (Å²) in [6, 6.07) is 0. The highest BCUT2D eigenvalue weighted by molar-refractivity contribution is 6.74. The van der Waals surface area contributed by atoms with Crippen molar-refractivity contribution >= 4 is 14.5 Å². The minimum Gasteiger partial charge on any atom is -0.416 e. The van der Waals surface area contributed by atoms with E-state index >= 15 is 0 Å². The van der Waals surface area contributed by atoms with Gasteiger partial charge in [0.15, 0.2) is 8.32 Å². The van der Waals surface area contributed by atoms with E-state index in [0.29, 0.717) is 6.61 Å².